The van der Waals surface area contributed by atoms with Crippen LogP contribution >= 0.6 is 8.03 Å². The van der Waals surface area contributed by atoms with Gasteiger partial charge in [-0.05, 0) is 4.57 Å². The van der Waals surface area contributed by atoms with Gasteiger partial charge in [0.25, 0.3) is 0 Å². The third-order valence-corrected chi connectivity index (χ3v) is 2.57. The Morgan fingerprint density at radius 2 is 2.00 bits per heavy atom. The average Bonchev–Trinajstić information content (AvgIpc) is 2.36. The van der Waals surface area contributed by atoms with Gasteiger partial charge in [0.1, 0.15) is 0 Å². The Hall–Kier alpha value is 0.980. The molecule has 60 valence electrons. The first-order valence-corrected chi connectivity index (χ1v) is 4.16. The second kappa shape index (κ2) is 4.87. The summed E-state index contributed by atoms with van der Waals surface area (Å²) in [6.45, 7) is 2.59. The van der Waals surface area contributed by atoms with E-state index in [4.69, 9.17) is 9.47 Å². The van der Waals surface area contributed by atoms with E-state index in [0.717, 1.165) is 0 Å². The summed E-state index contributed by atoms with van der Waals surface area (Å²) >= 11 is 0. The van der Waals surface area contributed by atoms with Crippen molar-refractivity contribution in [2.24, 2.45) is 0 Å². The van der Waals surface area contributed by atoms with Crippen molar-refractivity contribution >= 4 is 8.03 Å². The summed E-state index contributed by atoms with van der Waals surface area (Å²) < 4.78 is 25.7. The van der Waals surface area contributed by atoms with Crippen LogP contribution in [0, 0.1) is 0 Å². The standard InChI is InChI=1S/C5H10O4P.Na.H/c1-5(10(6)7-2)8-3-4-9-5;;/h3-4H2,1-2H3;;/q2*+1;-1. The van der Waals surface area contributed by atoms with Gasteiger partial charge in [-0.25, -0.2) is 0 Å². The molecule has 0 aromatic carbocycles. The van der Waals surface area contributed by atoms with E-state index < -0.39 is 13.6 Å². The minimum Gasteiger partial charge on any atom is -1.00 e. The fraction of sp³-hybridized carbons (Fsp3) is 1.00. The largest absolute Gasteiger partial charge is 1.00 e. The molecule has 1 aliphatic heterocycles. The Balaban J connectivity index is 0. The first kappa shape index (κ1) is 12.0. The van der Waals surface area contributed by atoms with Gasteiger partial charge in [0.05, 0.1) is 20.3 Å². The minimum absolute atomic E-state index is 0. The van der Waals surface area contributed by atoms with E-state index in [0.29, 0.717) is 13.2 Å². The van der Waals surface area contributed by atoms with Gasteiger partial charge in [0.2, 0.25) is 0 Å². The molecule has 1 unspecified atom stereocenters. The van der Waals surface area contributed by atoms with Crippen molar-refractivity contribution in [2.45, 2.75) is 12.5 Å². The van der Waals surface area contributed by atoms with Gasteiger partial charge in [0.15, 0.2) is 0 Å². The summed E-state index contributed by atoms with van der Waals surface area (Å²) in [7, 11) is -0.486. The van der Waals surface area contributed by atoms with Crippen LogP contribution in [-0.2, 0) is 18.6 Å². The molecule has 0 aromatic rings. The minimum atomic E-state index is -1.86. The Morgan fingerprint density at radius 3 is 2.36 bits per heavy atom. The Labute approximate surface area is 90.2 Å². The smallest absolute Gasteiger partial charge is 1.00 e. The Morgan fingerprint density at radius 1 is 1.55 bits per heavy atom. The zero-order valence-electron chi connectivity index (χ0n) is 7.99. The zero-order chi connectivity index (χ0) is 7.61. The van der Waals surface area contributed by atoms with Crippen LogP contribution in [0.2, 0.25) is 0 Å². The number of hydrogen-bond acceptors (Lipinski definition) is 4. The number of ether oxygens (including phenoxy) is 2. The molecule has 0 aromatic heterocycles. The van der Waals surface area contributed by atoms with Crippen LogP contribution in [0.5, 0.6) is 0 Å². The van der Waals surface area contributed by atoms with E-state index in [-0.39, 0.29) is 31.0 Å². The Kier molecular flexibility index (Phi) is 5.31. The van der Waals surface area contributed by atoms with Crippen molar-refractivity contribution in [2.75, 3.05) is 20.3 Å². The number of hydrogen-bond donors (Lipinski definition) is 0. The molecule has 1 fully saturated rings. The summed E-state index contributed by atoms with van der Waals surface area (Å²) in [6, 6.07) is 0. The van der Waals surface area contributed by atoms with Crippen molar-refractivity contribution in [3.63, 3.8) is 0 Å². The van der Waals surface area contributed by atoms with E-state index in [1.54, 1.807) is 6.92 Å². The van der Waals surface area contributed by atoms with Crippen LogP contribution in [0.1, 0.15) is 8.35 Å². The molecule has 0 radical (unpaired) electrons. The molecule has 6 heteroatoms. The third kappa shape index (κ3) is 2.74. The third-order valence-electron chi connectivity index (χ3n) is 1.32. The molecule has 1 atom stereocenters. The second-order valence-corrected chi connectivity index (χ2v) is 3.73. The summed E-state index contributed by atoms with van der Waals surface area (Å²) in [6.07, 6.45) is 0. The van der Waals surface area contributed by atoms with Crippen LogP contribution in [-0.4, -0.2) is 25.9 Å². The normalized spacial score (nSPS) is 22.5. The summed E-state index contributed by atoms with van der Waals surface area (Å²) in [4.78, 5) is 0. The molecular formula is C5H11NaO4P+. The summed E-state index contributed by atoms with van der Waals surface area (Å²) in [5, 5.41) is 0. The van der Waals surface area contributed by atoms with Gasteiger partial charge in [-0.1, -0.05) is 0 Å². The van der Waals surface area contributed by atoms with Crippen LogP contribution in [0.15, 0.2) is 0 Å². The molecule has 0 spiro atoms. The second-order valence-electron chi connectivity index (χ2n) is 2.03. The molecule has 1 aliphatic rings. The van der Waals surface area contributed by atoms with Crippen LogP contribution in [0.4, 0.5) is 0 Å². The van der Waals surface area contributed by atoms with Crippen LogP contribution < -0.4 is 29.6 Å². The molecule has 0 saturated carbocycles. The van der Waals surface area contributed by atoms with Gasteiger partial charge >= 0.3 is 43.1 Å². The summed E-state index contributed by atoms with van der Waals surface area (Å²) in [5.74, 6) is 0. The molecule has 0 bridgehead atoms. The topological polar surface area (TPSA) is 44.8 Å². The molecule has 0 N–H and O–H groups in total. The molecule has 4 nitrogen and oxygen atoms in total. The van der Waals surface area contributed by atoms with Crippen molar-refractivity contribution in [3.8, 4) is 0 Å². The molecule has 0 amide bonds. The van der Waals surface area contributed by atoms with E-state index in [2.05, 4.69) is 4.52 Å². The maximum atomic E-state index is 11.0. The van der Waals surface area contributed by atoms with Crippen molar-refractivity contribution in [1.82, 2.24) is 0 Å². The molecule has 1 heterocycles. The van der Waals surface area contributed by atoms with E-state index >= 15 is 0 Å². The molecular weight excluding hydrogens is 178 g/mol. The van der Waals surface area contributed by atoms with Crippen molar-refractivity contribution < 1.29 is 49.5 Å². The SMILES string of the molecule is CO[P+](=O)C1(C)OCCO1.[H-].[Na+]. The molecule has 1 saturated heterocycles. The van der Waals surface area contributed by atoms with Crippen molar-refractivity contribution in [3.05, 3.63) is 0 Å². The summed E-state index contributed by atoms with van der Waals surface area (Å²) in [5.41, 5.74) is -1.01. The van der Waals surface area contributed by atoms with Gasteiger partial charge < -0.3 is 10.9 Å². The van der Waals surface area contributed by atoms with Gasteiger partial charge in [-0.2, -0.15) is 0 Å². The Bertz CT molecular complexity index is 150. The average molecular weight is 189 g/mol. The maximum absolute atomic E-state index is 11.0. The van der Waals surface area contributed by atoms with E-state index in [1.165, 1.54) is 7.11 Å². The predicted octanol–water partition coefficient (Wildman–Crippen LogP) is -1.79. The molecule has 0 aliphatic carbocycles. The van der Waals surface area contributed by atoms with Gasteiger partial charge in [-0.15, -0.1) is 4.52 Å². The monoisotopic (exact) mass is 189 g/mol. The quantitative estimate of drug-likeness (QED) is 0.380. The predicted molar refractivity (Wildman–Crippen MR) is 36.0 cm³/mol. The van der Waals surface area contributed by atoms with Gasteiger partial charge in [-0.3, -0.25) is 0 Å². The maximum Gasteiger partial charge on any atom is 1.00 e. The first-order chi connectivity index (χ1) is 4.69. The first-order valence-electron chi connectivity index (χ1n) is 2.98. The number of rotatable bonds is 2. The van der Waals surface area contributed by atoms with Crippen molar-refractivity contribution in [1.29, 1.82) is 0 Å². The van der Waals surface area contributed by atoms with E-state index in [1.807, 2.05) is 0 Å². The van der Waals surface area contributed by atoms with Gasteiger partial charge in [0, 0.05) is 6.92 Å². The van der Waals surface area contributed by atoms with Crippen LogP contribution in [0.3, 0.4) is 0 Å². The molecule has 1 rings (SSSR count). The zero-order valence-corrected chi connectivity index (χ0v) is 9.89. The van der Waals surface area contributed by atoms with E-state index in [9.17, 15) is 4.57 Å². The van der Waals surface area contributed by atoms with Crippen LogP contribution in [0.25, 0.3) is 0 Å². The fourth-order valence-electron chi connectivity index (χ4n) is 0.775. The fourth-order valence-corrected chi connectivity index (χ4v) is 1.50. The molecule has 11 heavy (non-hydrogen) atoms.